The van der Waals surface area contributed by atoms with Gasteiger partial charge in [-0.3, -0.25) is 0 Å². The number of carbonyl (C=O) groups excluding carboxylic acids is 2. The Morgan fingerprint density at radius 1 is 1.31 bits per heavy atom. The molecule has 1 aliphatic heterocycles. The quantitative estimate of drug-likeness (QED) is 0.607. The second-order valence-electron chi connectivity index (χ2n) is 3.46. The Bertz CT molecular complexity index is 412. The third kappa shape index (κ3) is 2.13. The Balaban J connectivity index is 2.03. The van der Waals surface area contributed by atoms with E-state index in [-0.39, 0.29) is 0 Å². The first-order valence-electron chi connectivity index (χ1n) is 4.84. The van der Waals surface area contributed by atoms with E-state index >= 15 is 0 Å². The molecule has 1 aliphatic rings. The minimum absolute atomic E-state index is 0.425. The molecule has 0 saturated carbocycles. The van der Waals surface area contributed by atoms with Crippen molar-refractivity contribution in [2.45, 2.75) is 12.5 Å². The number of cyclic esters (lactones) is 2. The molecule has 1 heterocycles. The fourth-order valence-corrected chi connectivity index (χ4v) is 1.52. The number of amides is 1. The largest absolute Gasteiger partial charge is 0.497 e. The zero-order chi connectivity index (χ0) is 11.5. The van der Waals surface area contributed by atoms with E-state index in [2.05, 4.69) is 10.1 Å². The predicted octanol–water partition coefficient (Wildman–Crippen LogP) is 0.873. The maximum absolute atomic E-state index is 11.2. The molecule has 0 bridgehead atoms. The van der Waals surface area contributed by atoms with Crippen LogP contribution in [0.4, 0.5) is 4.79 Å². The van der Waals surface area contributed by atoms with Crippen molar-refractivity contribution in [2.24, 2.45) is 0 Å². The van der Waals surface area contributed by atoms with Crippen LogP contribution in [0.5, 0.6) is 5.75 Å². The van der Waals surface area contributed by atoms with E-state index in [0.717, 1.165) is 11.3 Å². The molecule has 16 heavy (non-hydrogen) atoms. The summed E-state index contributed by atoms with van der Waals surface area (Å²) < 4.78 is 9.39. The molecule has 0 radical (unpaired) electrons. The number of ether oxygens (including phenoxy) is 2. The number of hydrogen-bond donors (Lipinski definition) is 1. The number of hydrogen-bond acceptors (Lipinski definition) is 4. The fourth-order valence-electron chi connectivity index (χ4n) is 1.52. The average molecular weight is 221 g/mol. The molecular formula is C11H11NO4. The number of benzene rings is 1. The number of nitrogens with one attached hydrogen (secondary N) is 1. The molecule has 5 nitrogen and oxygen atoms in total. The Morgan fingerprint density at radius 3 is 2.50 bits per heavy atom. The molecule has 1 aromatic carbocycles. The Morgan fingerprint density at radius 2 is 2.00 bits per heavy atom. The van der Waals surface area contributed by atoms with Crippen LogP contribution in [-0.2, 0) is 16.0 Å². The number of carbonyl (C=O) groups is 2. The van der Waals surface area contributed by atoms with Crippen molar-refractivity contribution in [3.05, 3.63) is 29.8 Å². The van der Waals surface area contributed by atoms with Crippen LogP contribution in [0.2, 0.25) is 0 Å². The van der Waals surface area contributed by atoms with E-state index in [4.69, 9.17) is 4.74 Å². The van der Waals surface area contributed by atoms with Gasteiger partial charge in [-0.15, -0.1) is 0 Å². The number of methoxy groups -OCH3 is 1. The summed E-state index contributed by atoms with van der Waals surface area (Å²) in [5.41, 5.74) is 0.935. The van der Waals surface area contributed by atoms with E-state index in [9.17, 15) is 9.59 Å². The highest BCUT2D eigenvalue weighted by Gasteiger charge is 2.32. The van der Waals surface area contributed by atoms with Gasteiger partial charge in [0.15, 0.2) is 0 Å². The first kappa shape index (κ1) is 10.5. The highest BCUT2D eigenvalue weighted by molar-refractivity contribution is 5.95. The third-order valence-electron chi connectivity index (χ3n) is 2.37. The molecule has 1 unspecified atom stereocenters. The first-order chi connectivity index (χ1) is 7.69. The number of alkyl carbamates (subject to hydrolysis) is 1. The lowest BCUT2D eigenvalue weighted by molar-refractivity contribution is -0.135. The van der Waals surface area contributed by atoms with Crippen LogP contribution in [0.3, 0.4) is 0 Å². The molecule has 1 amide bonds. The Kier molecular flexibility index (Phi) is 2.76. The van der Waals surface area contributed by atoms with Crippen LogP contribution in [0.25, 0.3) is 0 Å². The predicted molar refractivity (Wildman–Crippen MR) is 55.1 cm³/mol. The second kappa shape index (κ2) is 4.22. The maximum atomic E-state index is 11.2. The average Bonchev–Trinajstić information content (AvgIpc) is 2.59. The van der Waals surface area contributed by atoms with Crippen LogP contribution in [0.1, 0.15) is 5.56 Å². The molecule has 1 aromatic rings. The monoisotopic (exact) mass is 221 g/mol. The summed E-state index contributed by atoms with van der Waals surface area (Å²) in [7, 11) is 1.59. The van der Waals surface area contributed by atoms with E-state index in [1.807, 2.05) is 12.1 Å². The van der Waals surface area contributed by atoms with Gasteiger partial charge in [0.2, 0.25) is 0 Å². The highest BCUT2D eigenvalue weighted by atomic mass is 16.6. The van der Waals surface area contributed by atoms with Gasteiger partial charge < -0.3 is 14.8 Å². The maximum Gasteiger partial charge on any atom is 0.415 e. The molecule has 2 rings (SSSR count). The summed E-state index contributed by atoms with van der Waals surface area (Å²) in [5, 5.41) is 2.44. The van der Waals surface area contributed by atoms with E-state index in [1.165, 1.54) is 0 Å². The van der Waals surface area contributed by atoms with Crippen LogP contribution >= 0.6 is 0 Å². The molecular weight excluding hydrogens is 210 g/mol. The molecule has 1 fully saturated rings. The summed E-state index contributed by atoms with van der Waals surface area (Å²) >= 11 is 0. The number of rotatable bonds is 3. The minimum atomic E-state index is -0.677. The van der Waals surface area contributed by atoms with Gasteiger partial charge in [-0.1, -0.05) is 12.1 Å². The van der Waals surface area contributed by atoms with Gasteiger partial charge in [0.05, 0.1) is 7.11 Å². The third-order valence-corrected chi connectivity index (χ3v) is 2.37. The van der Waals surface area contributed by atoms with Gasteiger partial charge in [0.1, 0.15) is 11.8 Å². The van der Waals surface area contributed by atoms with Gasteiger partial charge in [0.25, 0.3) is 0 Å². The van der Waals surface area contributed by atoms with Crippen molar-refractivity contribution >= 4 is 12.1 Å². The molecule has 0 aromatic heterocycles. The van der Waals surface area contributed by atoms with Crippen LogP contribution in [0.15, 0.2) is 24.3 Å². The normalized spacial score (nSPS) is 19.2. The van der Waals surface area contributed by atoms with Crippen LogP contribution in [-0.4, -0.2) is 25.2 Å². The van der Waals surface area contributed by atoms with Crippen LogP contribution in [0, 0.1) is 0 Å². The minimum Gasteiger partial charge on any atom is -0.497 e. The molecule has 84 valence electrons. The van der Waals surface area contributed by atoms with Crippen molar-refractivity contribution in [1.29, 1.82) is 0 Å². The van der Waals surface area contributed by atoms with E-state index < -0.39 is 18.1 Å². The Hall–Kier alpha value is -2.04. The zero-order valence-corrected chi connectivity index (χ0v) is 8.73. The van der Waals surface area contributed by atoms with Gasteiger partial charge in [-0.25, -0.2) is 9.59 Å². The summed E-state index contributed by atoms with van der Waals surface area (Å²) in [4.78, 5) is 22.0. The lowest BCUT2D eigenvalue weighted by Gasteiger charge is -2.06. The lowest BCUT2D eigenvalue weighted by atomic mass is 10.1. The van der Waals surface area contributed by atoms with Gasteiger partial charge in [-0.05, 0) is 17.7 Å². The molecule has 1 atom stereocenters. The summed E-state index contributed by atoms with van der Waals surface area (Å²) in [5.74, 6) is 0.225. The van der Waals surface area contributed by atoms with Crippen molar-refractivity contribution in [3.8, 4) is 5.75 Å². The second-order valence-corrected chi connectivity index (χ2v) is 3.46. The van der Waals surface area contributed by atoms with Gasteiger partial charge in [0, 0.05) is 6.42 Å². The number of esters is 1. The lowest BCUT2D eigenvalue weighted by Crippen LogP contribution is -2.30. The highest BCUT2D eigenvalue weighted by Crippen LogP contribution is 2.14. The zero-order valence-electron chi connectivity index (χ0n) is 8.73. The van der Waals surface area contributed by atoms with Crippen molar-refractivity contribution in [1.82, 2.24) is 5.32 Å². The summed E-state index contributed by atoms with van der Waals surface area (Å²) in [6.45, 7) is 0. The standard InChI is InChI=1S/C11H11NO4/c1-15-8-4-2-7(3-5-8)6-9-10(13)16-11(14)12-9/h2-5,9H,6H2,1H3,(H,12,14). The van der Waals surface area contributed by atoms with Gasteiger partial charge in [-0.2, -0.15) is 0 Å². The van der Waals surface area contributed by atoms with Crippen LogP contribution < -0.4 is 10.1 Å². The molecule has 0 spiro atoms. The summed E-state index contributed by atoms with van der Waals surface area (Å²) in [6, 6.07) is 6.71. The smallest absolute Gasteiger partial charge is 0.415 e. The summed E-state index contributed by atoms with van der Waals surface area (Å²) in [6.07, 6.45) is -0.252. The Labute approximate surface area is 92.4 Å². The van der Waals surface area contributed by atoms with E-state index in [1.54, 1.807) is 19.2 Å². The molecule has 1 N–H and O–H groups in total. The topological polar surface area (TPSA) is 64.6 Å². The van der Waals surface area contributed by atoms with Gasteiger partial charge >= 0.3 is 12.1 Å². The fraction of sp³-hybridized carbons (Fsp3) is 0.273. The molecule has 0 aliphatic carbocycles. The van der Waals surface area contributed by atoms with Crippen molar-refractivity contribution < 1.29 is 19.1 Å². The van der Waals surface area contributed by atoms with Crippen molar-refractivity contribution in [2.75, 3.05) is 7.11 Å². The molecule has 5 heteroatoms. The first-order valence-corrected chi connectivity index (χ1v) is 4.84. The molecule has 1 saturated heterocycles. The SMILES string of the molecule is COc1ccc(CC2NC(=O)OC2=O)cc1. The van der Waals surface area contributed by atoms with E-state index in [0.29, 0.717) is 6.42 Å². The van der Waals surface area contributed by atoms with Crippen molar-refractivity contribution in [3.63, 3.8) is 0 Å².